The van der Waals surface area contributed by atoms with E-state index in [1.165, 1.54) is 6.07 Å². The van der Waals surface area contributed by atoms with Crippen LogP contribution < -0.4 is 11.3 Å². The largest absolute Gasteiger partial charge is 0.326 e. The van der Waals surface area contributed by atoms with Gasteiger partial charge in [-0.1, -0.05) is 0 Å². The summed E-state index contributed by atoms with van der Waals surface area (Å²) in [7, 11) is 0. The average molecular weight is 300 g/mol. The van der Waals surface area contributed by atoms with Gasteiger partial charge in [-0.2, -0.15) is 0 Å². The summed E-state index contributed by atoms with van der Waals surface area (Å²) in [6.07, 6.45) is -2.69. The molecule has 1 rings (SSSR count). The molecule has 0 saturated heterocycles. The number of aromatic nitrogens is 1. The zero-order valence-corrected chi connectivity index (χ0v) is 8.64. The second kappa shape index (κ2) is 4.14. The smallest absolute Gasteiger partial charge is 0.278 e. The molecule has 1 aromatic heterocycles. The van der Waals surface area contributed by atoms with Gasteiger partial charge in [0.25, 0.3) is 6.43 Å². The second-order valence-electron chi connectivity index (χ2n) is 2.38. The molecule has 3 nitrogen and oxygen atoms in total. The van der Waals surface area contributed by atoms with E-state index in [0.717, 1.165) is 0 Å². The van der Waals surface area contributed by atoms with E-state index in [1.807, 2.05) is 22.6 Å². The molecular weight excluding hydrogens is 293 g/mol. The number of hydrogen-bond acceptors (Lipinski definition) is 2. The summed E-state index contributed by atoms with van der Waals surface area (Å²) in [5.41, 5.74) is 4.67. The van der Waals surface area contributed by atoms with Crippen LogP contribution in [0.4, 0.5) is 8.78 Å². The second-order valence-corrected chi connectivity index (χ2v) is 3.54. The first-order valence-electron chi connectivity index (χ1n) is 3.46. The zero-order chi connectivity index (χ0) is 10.0. The van der Waals surface area contributed by atoms with Gasteiger partial charge in [0.15, 0.2) is 0 Å². The Bertz CT molecular complexity index is 364. The minimum atomic E-state index is -2.69. The Morgan fingerprint density at radius 1 is 1.62 bits per heavy atom. The maximum atomic E-state index is 12.3. The molecular formula is C7H7F2IN2O. The van der Waals surface area contributed by atoms with Gasteiger partial charge in [0.2, 0.25) is 5.56 Å². The van der Waals surface area contributed by atoms with Crippen LogP contribution in [0.3, 0.4) is 0 Å². The first-order valence-corrected chi connectivity index (χ1v) is 4.54. The highest BCUT2D eigenvalue weighted by Crippen LogP contribution is 2.22. The lowest BCUT2D eigenvalue weighted by Crippen LogP contribution is -2.15. The number of nitrogens with one attached hydrogen (secondary N) is 1. The Balaban J connectivity index is 3.38. The van der Waals surface area contributed by atoms with Crippen molar-refractivity contribution in [3.63, 3.8) is 0 Å². The van der Waals surface area contributed by atoms with Crippen LogP contribution >= 0.6 is 22.6 Å². The van der Waals surface area contributed by atoms with Crippen LogP contribution in [0.5, 0.6) is 0 Å². The summed E-state index contributed by atoms with van der Waals surface area (Å²) < 4.78 is 25.2. The maximum absolute atomic E-state index is 12.3. The lowest BCUT2D eigenvalue weighted by atomic mass is 10.2. The molecule has 1 heterocycles. The molecule has 0 aromatic carbocycles. The molecule has 1 aromatic rings. The van der Waals surface area contributed by atoms with E-state index in [9.17, 15) is 13.6 Å². The number of aromatic amines is 1. The van der Waals surface area contributed by atoms with E-state index in [1.54, 1.807) is 0 Å². The number of halogens is 3. The normalized spacial score (nSPS) is 10.8. The topological polar surface area (TPSA) is 58.9 Å². The monoisotopic (exact) mass is 300 g/mol. The molecule has 0 aliphatic heterocycles. The van der Waals surface area contributed by atoms with Gasteiger partial charge in [-0.25, -0.2) is 8.78 Å². The van der Waals surface area contributed by atoms with Crippen LogP contribution in [0.15, 0.2) is 10.9 Å². The molecule has 3 N–H and O–H groups in total. The molecule has 0 radical (unpaired) electrons. The molecule has 0 amide bonds. The Kier molecular flexibility index (Phi) is 3.37. The van der Waals surface area contributed by atoms with Crippen molar-refractivity contribution < 1.29 is 8.78 Å². The molecule has 72 valence electrons. The molecule has 0 unspecified atom stereocenters. The first-order chi connectivity index (χ1) is 6.06. The summed E-state index contributed by atoms with van der Waals surface area (Å²) in [6, 6.07) is 1.24. The average Bonchev–Trinajstić information content (AvgIpc) is 2.02. The Labute approximate surface area is 86.5 Å². The SMILES string of the molecule is NCc1c(I)cc(=O)[nH]c1C(F)F. The lowest BCUT2D eigenvalue weighted by Gasteiger charge is -2.07. The van der Waals surface area contributed by atoms with Crippen molar-refractivity contribution in [1.82, 2.24) is 4.98 Å². The highest BCUT2D eigenvalue weighted by molar-refractivity contribution is 14.1. The van der Waals surface area contributed by atoms with Gasteiger partial charge in [-0.15, -0.1) is 0 Å². The standard InChI is InChI=1S/C7H7F2IN2O/c8-7(9)6-3(2-11)4(10)1-5(13)12-6/h1,7H,2,11H2,(H,12,13). The maximum Gasteiger partial charge on any atom is 0.278 e. The van der Waals surface area contributed by atoms with Crippen molar-refractivity contribution in [3.8, 4) is 0 Å². The summed E-state index contributed by atoms with van der Waals surface area (Å²) in [5.74, 6) is 0. The number of hydrogen-bond donors (Lipinski definition) is 2. The van der Waals surface area contributed by atoms with E-state index in [4.69, 9.17) is 5.73 Å². The van der Waals surface area contributed by atoms with E-state index < -0.39 is 12.0 Å². The van der Waals surface area contributed by atoms with Crippen molar-refractivity contribution in [2.24, 2.45) is 5.73 Å². The van der Waals surface area contributed by atoms with E-state index in [0.29, 0.717) is 9.13 Å². The molecule has 6 heteroatoms. The third-order valence-electron chi connectivity index (χ3n) is 1.55. The van der Waals surface area contributed by atoms with Crippen molar-refractivity contribution in [2.45, 2.75) is 13.0 Å². The van der Waals surface area contributed by atoms with Gasteiger partial charge in [-0.3, -0.25) is 4.79 Å². The third-order valence-corrected chi connectivity index (χ3v) is 2.51. The fourth-order valence-corrected chi connectivity index (χ4v) is 1.76. The predicted molar refractivity (Wildman–Crippen MR) is 52.6 cm³/mol. The number of pyridine rings is 1. The highest BCUT2D eigenvalue weighted by Gasteiger charge is 2.15. The van der Waals surface area contributed by atoms with E-state index in [-0.39, 0.29) is 12.2 Å². The van der Waals surface area contributed by atoms with Gasteiger partial charge >= 0.3 is 0 Å². The summed E-state index contributed by atoms with van der Waals surface area (Å²) in [6.45, 7) is -0.00523. The molecule has 13 heavy (non-hydrogen) atoms. The molecule has 0 bridgehead atoms. The molecule has 0 spiro atoms. The third kappa shape index (κ3) is 2.25. The molecule has 0 aliphatic rings. The minimum Gasteiger partial charge on any atom is -0.326 e. The first kappa shape index (κ1) is 10.6. The number of H-pyrrole nitrogens is 1. The van der Waals surface area contributed by atoms with Gasteiger partial charge in [0, 0.05) is 21.7 Å². The van der Waals surface area contributed by atoms with Crippen LogP contribution in [0, 0.1) is 3.57 Å². The lowest BCUT2D eigenvalue weighted by molar-refractivity contribution is 0.144. The van der Waals surface area contributed by atoms with Crippen molar-refractivity contribution >= 4 is 22.6 Å². The van der Waals surface area contributed by atoms with Crippen LogP contribution in [-0.4, -0.2) is 4.98 Å². The van der Waals surface area contributed by atoms with E-state index >= 15 is 0 Å². The molecule has 0 fully saturated rings. The van der Waals surface area contributed by atoms with Gasteiger partial charge in [-0.05, 0) is 22.6 Å². The number of alkyl halides is 2. The van der Waals surface area contributed by atoms with Gasteiger partial charge in [0.1, 0.15) is 0 Å². The van der Waals surface area contributed by atoms with Crippen LogP contribution in [-0.2, 0) is 6.54 Å². The quantitative estimate of drug-likeness (QED) is 0.811. The molecule has 0 aliphatic carbocycles. The Hall–Kier alpha value is -0.500. The zero-order valence-electron chi connectivity index (χ0n) is 6.48. The summed E-state index contributed by atoms with van der Waals surface area (Å²) in [4.78, 5) is 12.9. The highest BCUT2D eigenvalue weighted by atomic mass is 127. The predicted octanol–water partition coefficient (Wildman–Crippen LogP) is 1.38. The van der Waals surface area contributed by atoms with Crippen LogP contribution in [0.1, 0.15) is 17.7 Å². The van der Waals surface area contributed by atoms with Crippen LogP contribution in [0.25, 0.3) is 0 Å². The van der Waals surface area contributed by atoms with Crippen molar-refractivity contribution in [2.75, 3.05) is 0 Å². The van der Waals surface area contributed by atoms with Crippen molar-refractivity contribution in [3.05, 3.63) is 31.2 Å². The summed E-state index contributed by atoms with van der Waals surface area (Å²) in [5, 5.41) is 0. The van der Waals surface area contributed by atoms with Gasteiger partial charge < -0.3 is 10.7 Å². The van der Waals surface area contributed by atoms with Crippen LogP contribution in [0.2, 0.25) is 0 Å². The van der Waals surface area contributed by atoms with Gasteiger partial charge in [0.05, 0.1) is 5.69 Å². The van der Waals surface area contributed by atoms with E-state index in [2.05, 4.69) is 4.98 Å². The minimum absolute atomic E-state index is 0.00523. The molecule has 0 atom stereocenters. The number of rotatable bonds is 2. The number of nitrogens with two attached hydrogens (primary N) is 1. The fraction of sp³-hybridized carbons (Fsp3) is 0.286. The Morgan fingerprint density at radius 3 is 2.69 bits per heavy atom. The van der Waals surface area contributed by atoms with Crippen molar-refractivity contribution in [1.29, 1.82) is 0 Å². The summed E-state index contributed by atoms with van der Waals surface area (Å²) >= 11 is 1.81. The molecule has 0 saturated carbocycles. The fourth-order valence-electron chi connectivity index (χ4n) is 0.969. The Morgan fingerprint density at radius 2 is 2.23 bits per heavy atom.